The Morgan fingerprint density at radius 2 is 1.83 bits per heavy atom. The average molecular weight is 545 g/mol. The number of rotatable bonds is 7. The van der Waals surface area contributed by atoms with Crippen LogP contribution in [0.2, 0.25) is 5.02 Å². The molecule has 30 heavy (non-hydrogen) atoms. The van der Waals surface area contributed by atoms with Crippen molar-refractivity contribution in [2.75, 3.05) is 47.0 Å². The highest BCUT2D eigenvalue weighted by Gasteiger charge is 2.24. The van der Waals surface area contributed by atoms with Crippen molar-refractivity contribution in [1.29, 1.82) is 0 Å². The summed E-state index contributed by atoms with van der Waals surface area (Å²) in [5.74, 6) is 1.61. The molecule has 1 fully saturated rings. The van der Waals surface area contributed by atoms with E-state index in [4.69, 9.17) is 21.1 Å². The average Bonchev–Trinajstić information content (AvgIpc) is 2.78. The van der Waals surface area contributed by atoms with E-state index in [2.05, 4.69) is 26.6 Å². The van der Waals surface area contributed by atoms with Gasteiger partial charge in [0.15, 0.2) is 5.96 Å². The van der Waals surface area contributed by atoms with Gasteiger partial charge in [-0.15, -0.1) is 24.0 Å². The van der Waals surface area contributed by atoms with Gasteiger partial charge in [-0.3, -0.25) is 9.89 Å². The van der Waals surface area contributed by atoms with E-state index in [1.54, 1.807) is 14.2 Å². The van der Waals surface area contributed by atoms with Crippen LogP contribution in [0.15, 0.2) is 53.5 Å². The van der Waals surface area contributed by atoms with E-state index in [0.29, 0.717) is 13.1 Å². The summed E-state index contributed by atoms with van der Waals surface area (Å²) in [6.07, 6.45) is 0. The van der Waals surface area contributed by atoms with E-state index in [1.807, 2.05) is 42.5 Å². The summed E-state index contributed by atoms with van der Waals surface area (Å²) in [6.45, 7) is 4.63. The van der Waals surface area contributed by atoms with Gasteiger partial charge in [0.2, 0.25) is 0 Å². The molecule has 0 spiro atoms. The maximum atomic E-state index is 6.51. The highest BCUT2D eigenvalue weighted by Crippen LogP contribution is 2.27. The first-order chi connectivity index (χ1) is 14.2. The number of hydrogen-bond donors (Lipinski definition) is 2. The zero-order valence-electron chi connectivity index (χ0n) is 17.4. The smallest absolute Gasteiger partial charge is 0.191 e. The Morgan fingerprint density at radius 3 is 2.47 bits per heavy atom. The number of morpholine rings is 1. The van der Waals surface area contributed by atoms with Gasteiger partial charge in [0.1, 0.15) is 5.75 Å². The summed E-state index contributed by atoms with van der Waals surface area (Å²) < 4.78 is 10.7. The third kappa shape index (κ3) is 7.01. The number of ether oxygens (including phenoxy) is 2. The summed E-state index contributed by atoms with van der Waals surface area (Å²) in [7, 11) is 3.45. The van der Waals surface area contributed by atoms with Crippen LogP contribution in [-0.2, 0) is 11.3 Å². The Labute approximate surface area is 201 Å². The Morgan fingerprint density at radius 1 is 1.13 bits per heavy atom. The lowest BCUT2D eigenvalue weighted by atomic mass is 10.0. The quantitative estimate of drug-likeness (QED) is 0.316. The molecule has 6 nitrogen and oxygen atoms in total. The van der Waals surface area contributed by atoms with Gasteiger partial charge < -0.3 is 20.1 Å². The maximum Gasteiger partial charge on any atom is 0.191 e. The van der Waals surface area contributed by atoms with E-state index in [9.17, 15) is 0 Å². The van der Waals surface area contributed by atoms with Crippen LogP contribution in [0.25, 0.3) is 0 Å². The Hall–Kier alpha value is -1.55. The molecule has 2 aromatic rings. The van der Waals surface area contributed by atoms with Gasteiger partial charge in [0.25, 0.3) is 0 Å². The highest BCUT2D eigenvalue weighted by molar-refractivity contribution is 14.0. The molecular formula is C22H30ClIN4O2. The van der Waals surface area contributed by atoms with Crippen LogP contribution in [0.4, 0.5) is 0 Å². The summed E-state index contributed by atoms with van der Waals surface area (Å²) in [6, 6.07) is 16.2. The minimum absolute atomic E-state index is 0. The van der Waals surface area contributed by atoms with E-state index in [1.165, 1.54) is 0 Å². The molecule has 1 unspecified atom stereocenters. The molecule has 164 valence electrons. The van der Waals surface area contributed by atoms with Crippen LogP contribution < -0.4 is 15.4 Å². The summed E-state index contributed by atoms with van der Waals surface area (Å²) >= 11 is 6.51. The second-order valence-corrected chi connectivity index (χ2v) is 7.25. The Bertz CT molecular complexity index is 798. The van der Waals surface area contributed by atoms with Crippen LogP contribution >= 0.6 is 35.6 Å². The molecule has 8 heteroatoms. The molecule has 2 N–H and O–H groups in total. The number of nitrogens with zero attached hydrogens (tertiary/aromatic N) is 2. The van der Waals surface area contributed by atoms with Crippen molar-refractivity contribution in [3.63, 3.8) is 0 Å². The molecule has 2 aromatic carbocycles. The SMILES string of the molecule is CN=C(NCc1ccc(OC)cc1)NCC(c1ccccc1Cl)N1CCOCC1.I. The van der Waals surface area contributed by atoms with Crippen molar-refractivity contribution in [2.45, 2.75) is 12.6 Å². The molecule has 0 aliphatic carbocycles. The predicted molar refractivity (Wildman–Crippen MR) is 133 cm³/mol. The van der Waals surface area contributed by atoms with Gasteiger partial charge in [-0.25, -0.2) is 0 Å². The van der Waals surface area contributed by atoms with Gasteiger partial charge in [0, 0.05) is 38.2 Å². The number of hydrogen-bond acceptors (Lipinski definition) is 4. The minimum atomic E-state index is 0. The first-order valence-corrected chi connectivity index (χ1v) is 10.2. The molecular weight excluding hydrogens is 515 g/mol. The number of guanidine groups is 1. The largest absolute Gasteiger partial charge is 0.497 e. The van der Waals surface area contributed by atoms with Crippen molar-refractivity contribution in [3.05, 3.63) is 64.7 Å². The predicted octanol–water partition coefficient (Wildman–Crippen LogP) is 3.71. The van der Waals surface area contributed by atoms with Crippen molar-refractivity contribution < 1.29 is 9.47 Å². The standard InChI is InChI=1S/C22H29ClN4O2.HI/c1-24-22(25-15-17-7-9-18(28-2)10-8-17)26-16-21(27-11-13-29-14-12-27)19-5-3-4-6-20(19)23;/h3-10,21H,11-16H2,1-2H3,(H2,24,25,26);1H. The molecule has 1 heterocycles. The number of benzene rings is 2. The van der Waals surface area contributed by atoms with Crippen LogP contribution in [0.3, 0.4) is 0 Å². The van der Waals surface area contributed by atoms with Crippen LogP contribution in [-0.4, -0.2) is 57.9 Å². The highest BCUT2D eigenvalue weighted by atomic mass is 127. The Kier molecular flexibility index (Phi) is 10.7. The maximum absolute atomic E-state index is 6.51. The van der Waals surface area contributed by atoms with Crippen molar-refractivity contribution >= 4 is 41.5 Å². The van der Waals surface area contributed by atoms with Crippen LogP contribution in [0.5, 0.6) is 5.75 Å². The normalized spacial score (nSPS) is 15.8. The molecule has 3 rings (SSSR count). The first-order valence-electron chi connectivity index (χ1n) is 9.85. The van der Waals surface area contributed by atoms with Gasteiger partial charge >= 0.3 is 0 Å². The second kappa shape index (κ2) is 13.0. The fourth-order valence-corrected chi connectivity index (χ4v) is 3.68. The topological polar surface area (TPSA) is 58.1 Å². The fourth-order valence-electron chi connectivity index (χ4n) is 3.41. The zero-order valence-corrected chi connectivity index (χ0v) is 20.5. The van der Waals surface area contributed by atoms with Crippen molar-refractivity contribution in [1.82, 2.24) is 15.5 Å². The second-order valence-electron chi connectivity index (χ2n) is 6.84. The monoisotopic (exact) mass is 544 g/mol. The molecule has 0 aromatic heterocycles. The molecule has 0 amide bonds. The lowest BCUT2D eigenvalue weighted by Crippen LogP contribution is -2.46. The summed E-state index contributed by atoms with van der Waals surface area (Å²) in [5.41, 5.74) is 2.28. The molecule has 0 radical (unpaired) electrons. The first kappa shape index (κ1) is 24.7. The van der Waals surface area contributed by atoms with Crippen LogP contribution in [0.1, 0.15) is 17.2 Å². The van der Waals surface area contributed by atoms with Gasteiger partial charge in [-0.05, 0) is 29.3 Å². The molecule has 1 aliphatic rings. The molecule has 1 aliphatic heterocycles. The lowest BCUT2D eigenvalue weighted by Gasteiger charge is -2.35. The number of nitrogens with one attached hydrogen (secondary N) is 2. The van der Waals surface area contributed by atoms with E-state index < -0.39 is 0 Å². The number of halogens is 2. The summed E-state index contributed by atoms with van der Waals surface area (Å²) in [5, 5.41) is 7.61. The number of methoxy groups -OCH3 is 1. The van der Waals surface area contributed by atoms with Crippen molar-refractivity contribution in [3.8, 4) is 5.75 Å². The third-order valence-electron chi connectivity index (χ3n) is 5.06. The number of aliphatic imine (C=N–C) groups is 1. The zero-order chi connectivity index (χ0) is 20.5. The summed E-state index contributed by atoms with van der Waals surface area (Å²) in [4.78, 5) is 6.77. The molecule has 1 atom stereocenters. The molecule has 0 bridgehead atoms. The van der Waals surface area contributed by atoms with Crippen molar-refractivity contribution in [2.24, 2.45) is 4.99 Å². The van der Waals surface area contributed by atoms with Gasteiger partial charge in [0.05, 0.1) is 26.4 Å². The van der Waals surface area contributed by atoms with Gasteiger partial charge in [-0.1, -0.05) is 41.9 Å². The van der Waals surface area contributed by atoms with E-state index in [-0.39, 0.29) is 30.0 Å². The molecule has 1 saturated heterocycles. The Balaban J connectivity index is 0.00000320. The van der Waals surface area contributed by atoms with Gasteiger partial charge in [-0.2, -0.15) is 0 Å². The third-order valence-corrected chi connectivity index (χ3v) is 5.40. The molecule has 0 saturated carbocycles. The fraction of sp³-hybridized carbons (Fsp3) is 0.409. The lowest BCUT2D eigenvalue weighted by molar-refractivity contribution is 0.0170. The minimum Gasteiger partial charge on any atom is -0.497 e. The van der Waals surface area contributed by atoms with E-state index in [0.717, 1.165) is 54.2 Å². The van der Waals surface area contributed by atoms with E-state index >= 15 is 0 Å². The van der Waals surface area contributed by atoms with Crippen LogP contribution in [0, 0.1) is 0 Å².